The second-order valence-corrected chi connectivity index (χ2v) is 4.48. The van der Waals surface area contributed by atoms with E-state index < -0.39 is 10.8 Å². The number of aromatic nitrogens is 1. The molecule has 3 rings (SSSR count). The van der Waals surface area contributed by atoms with Crippen molar-refractivity contribution in [2.75, 3.05) is 12.4 Å². The lowest BCUT2D eigenvalue weighted by molar-refractivity contribution is -0.384. The molecule has 0 saturated carbocycles. The van der Waals surface area contributed by atoms with Crippen LogP contribution in [0.3, 0.4) is 0 Å². The van der Waals surface area contributed by atoms with Crippen LogP contribution in [0.25, 0.3) is 11.1 Å². The molecule has 0 radical (unpaired) electrons. The topological polar surface area (TPSA) is 110 Å². The largest absolute Gasteiger partial charge is 0.494 e. The van der Waals surface area contributed by atoms with Gasteiger partial charge in [-0.05, 0) is 6.07 Å². The van der Waals surface area contributed by atoms with Gasteiger partial charge in [-0.15, -0.1) is 0 Å². The summed E-state index contributed by atoms with van der Waals surface area (Å²) in [6.45, 7) is 0. The zero-order chi connectivity index (χ0) is 15.7. The summed E-state index contributed by atoms with van der Waals surface area (Å²) in [5.41, 5.74) is 1.81. The summed E-state index contributed by atoms with van der Waals surface area (Å²) in [5, 5.41) is 13.4. The third-order valence-corrected chi connectivity index (χ3v) is 3.13. The molecule has 0 spiro atoms. The number of anilines is 1. The molecule has 2 aromatic heterocycles. The van der Waals surface area contributed by atoms with Crippen LogP contribution in [-0.2, 0) is 0 Å². The number of rotatable bonds is 4. The van der Waals surface area contributed by atoms with E-state index in [1.807, 2.05) is 0 Å². The number of fused-ring (bicyclic) bond motifs is 1. The molecule has 0 saturated heterocycles. The first-order valence-electron chi connectivity index (χ1n) is 6.28. The van der Waals surface area contributed by atoms with Gasteiger partial charge in [-0.3, -0.25) is 14.9 Å². The van der Waals surface area contributed by atoms with Crippen LogP contribution >= 0.6 is 0 Å². The summed E-state index contributed by atoms with van der Waals surface area (Å²) >= 11 is 0. The Morgan fingerprint density at radius 1 is 1.36 bits per heavy atom. The zero-order valence-corrected chi connectivity index (χ0v) is 11.5. The molecule has 1 amide bonds. The number of benzene rings is 1. The molecule has 8 nitrogen and oxygen atoms in total. The fourth-order valence-electron chi connectivity index (χ4n) is 2.06. The number of furan rings is 1. The molecule has 0 aliphatic heterocycles. The first-order valence-corrected chi connectivity index (χ1v) is 6.28. The highest BCUT2D eigenvalue weighted by molar-refractivity contribution is 6.06. The number of nitrogens with zero attached hydrogens (tertiary/aromatic N) is 1. The summed E-state index contributed by atoms with van der Waals surface area (Å²) in [6.07, 6.45) is 1.52. The zero-order valence-electron chi connectivity index (χ0n) is 11.5. The van der Waals surface area contributed by atoms with Gasteiger partial charge in [0.1, 0.15) is 11.4 Å². The molecule has 1 aromatic carbocycles. The maximum atomic E-state index is 12.2. The second-order valence-electron chi connectivity index (χ2n) is 4.48. The van der Waals surface area contributed by atoms with E-state index >= 15 is 0 Å². The first-order chi connectivity index (χ1) is 10.6. The Balaban J connectivity index is 1.87. The average Bonchev–Trinajstić information content (AvgIpc) is 3.08. The highest BCUT2D eigenvalue weighted by Gasteiger charge is 2.16. The summed E-state index contributed by atoms with van der Waals surface area (Å²) < 4.78 is 10.2. The molecule has 112 valence electrons. The van der Waals surface area contributed by atoms with Crippen molar-refractivity contribution in [2.45, 2.75) is 0 Å². The van der Waals surface area contributed by atoms with Crippen molar-refractivity contribution < 1.29 is 18.9 Å². The third kappa shape index (κ3) is 2.37. The first kappa shape index (κ1) is 13.7. The van der Waals surface area contributed by atoms with E-state index in [0.717, 1.165) is 0 Å². The summed E-state index contributed by atoms with van der Waals surface area (Å²) in [4.78, 5) is 25.3. The van der Waals surface area contributed by atoms with Gasteiger partial charge in [0.25, 0.3) is 11.6 Å². The van der Waals surface area contributed by atoms with E-state index in [2.05, 4.69) is 10.3 Å². The normalized spacial score (nSPS) is 10.6. The molecule has 3 aromatic rings. The van der Waals surface area contributed by atoms with Crippen LogP contribution in [0.4, 0.5) is 11.4 Å². The van der Waals surface area contributed by atoms with Gasteiger partial charge in [-0.2, -0.15) is 0 Å². The molecule has 0 fully saturated rings. The van der Waals surface area contributed by atoms with E-state index in [0.29, 0.717) is 22.5 Å². The molecule has 2 heterocycles. The molecule has 0 unspecified atom stereocenters. The van der Waals surface area contributed by atoms with Crippen LogP contribution in [0.1, 0.15) is 10.5 Å². The van der Waals surface area contributed by atoms with Crippen LogP contribution < -0.4 is 10.1 Å². The Hall–Kier alpha value is -3.29. The van der Waals surface area contributed by atoms with Crippen LogP contribution in [0, 0.1) is 10.1 Å². The fraction of sp³-hybridized carbons (Fsp3) is 0.0714. The average molecular weight is 301 g/mol. The number of hydrogen-bond acceptors (Lipinski definition) is 5. The second kappa shape index (κ2) is 5.24. The number of ether oxygens (including phenoxy) is 1. The van der Waals surface area contributed by atoms with E-state index in [1.165, 1.54) is 31.6 Å². The summed E-state index contributed by atoms with van der Waals surface area (Å²) in [5.74, 6) is -0.198. The van der Waals surface area contributed by atoms with Crippen molar-refractivity contribution in [3.05, 3.63) is 52.4 Å². The van der Waals surface area contributed by atoms with Crippen LogP contribution in [0.2, 0.25) is 0 Å². The number of non-ortho nitro benzene ring substituents is 1. The molecule has 0 aliphatic rings. The van der Waals surface area contributed by atoms with E-state index in [1.54, 1.807) is 12.1 Å². The number of amides is 1. The van der Waals surface area contributed by atoms with Crippen molar-refractivity contribution in [1.29, 1.82) is 0 Å². The Bertz CT molecular complexity index is 836. The summed E-state index contributed by atoms with van der Waals surface area (Å²) in [6, 6.07) is 7.23. The molecule has 8 heteroatoms. The van der Waals surface area contributed by atoms with Crippen molar-refractivity contribution in [1.82, 2.24) is 4.98 Å². The lowest BCUT2D eigenvalue weighted by Gasteiger charge is -2.09. The molecular weight excluding hydrogens is 290 g/mol. The lowest BCUT2D eigenvalue weighted by atomic mass is 10.2. The number of hydrogen-bond donors (Lipinski definition) is 2. The van der Waals surface area contributed by atoms with Crippen molar-refractivity contribution in [3.8, 4) is 5.75 Å². The van der Waals surface area contributed by atoms with Crippen molar-refractivity contribution >= 4 is 28.4 Å². The lowest BCUT2D eigenvalue weighted by Crippen LogP contribution is -2.13. The minimum Gasteiger partial charge on any atom is -0.494 e. The smallest absolute Gasteiger partial charge is 0.273 e. The van der Waals surface area contributed by atoms with E-state index in [-0.39, 0.29) is 11.4 Å². The van der Waals surface area contributed by atoms with Gasteiger partial charge in [0.2, 0.25) is 0 Å². The quantitative estimate of drug-likeness (QED) is 0.568. The Kier molecular flexibility index (Phi) is 3.26. The molecule has 0 atom stereocenters. The van der Waals surface area contributed by atoms with Crippen LogP contribution in [0.5, 0.6) is 5.75 Å². The highest BCUT2D eigenvalue weighted by atomic mass is 16.6. The molecule has 22 heavy (non-hydrogen) atoms. The molecule has 0 aliphatic carbocycles. The van der Waals surface area contributed by atoms with Gasteiger partial charge < -0.3 is 19.5 Å². The predicted octanol–water partition coefficient (Wildman–Crippen LogP) is 2.93. The predicted molar refractivity (Wildman–Crippen MR) is 78.2 cm³/mol. The number of carbonyl (C=O) groups excluding carboxylic acids is 1. The SMILES string of the molecule is COc1cc([N+](=O)[O-])ccc1NC(=O)c1cc2occc2[nH]1. The molecule has 2 N–H and O–H groups in total. The molecular formula is C14H11N3O5. The number of carbonyl (C=O) groups is 1. The number of nitrogens with one attached hydrogen (secondary N) is 2. The third-order valence-electron chi connectivity index (χ3n) is 3.13. The highest BCUT2D eigenvalue weighted by Crippen LogP contribution is 2.29. The minimum absolute atomic E-state index is 0.118. The van der Waals surface area contributed by atoms with Gasteiger partial charge in [0.05, 0.1) is 35.6 Å². The number of nitro benzene ring substituents is 1. The maximum Gasteiger partial charge on any atom is 0.273 e. The minimum atomic E-state index is -0.534. The van der Waals surface area contributed by atoms with Crippen molar-refractivity contribution in [2.24, 2.45) is 0 Å². The van der Waals surface area contributed by atoms with Gasteiger partial charge >= 0.3 is 0 Å². The fourth-order valence-corrected chi connectivity index (χ4v) is 2.06. The van der Waals surface area contributed by atoms with E-state index in [4.69, 9.17) is 9.15 Å². The van der Waals surface area contributed by atoms with Gasteiger partial charge in [-0.25, -0.2) is 0 Å². The summed E-state index contributed by atoms with van der Waals surface area (Å²) in [7, 11) is 1.37. The van der Waals surface area contributed by atoms with Crippen LogP contribution in [-0.4, -0.2) is 22.9 Å². The number of methoxy groups -OCH3 is 1. The molecule has 0 bridgehead atoms. The van der Waals surface area contributed by atoms with Gasteiger partial charge in [0, 0.05) is 18.2 Å². The maximum absolute atomic E-state index is 12.2. The van der Waals surface area contributed by atoms with Crippen LogP contribution in [0.15, 0.2) is 41.0 Å². The van der Waals surface area contributed by atoms with Gasteiger partial charge in [-0.1, -0.05) is 0 Å². The monoisotopic (exact) mass is 301 g/mol. The van der Waals surface area contributed by atoms with E-state index in [9.17, 15) is 14.9 Å². The van der Waals surface area contributed by atoms with Crippen molar-refractivity contribution in [3.63, 3.8) is 0 Å². The Morgan fingerprint density at radius 2 is 2.18 bits per heavy atom. The Labute approximate surface area is 123 Å². The number of nitro groups is 1. The number of aromatic amines is 1. The standard InChI is InChI=1S/C14H11N3O5/c1-21-12-6-8(17(19)20)2-3-9(12)16-14(18)11-7-13-10(15-11)4-5-22-13/h2-7,15H,1H3,(H,16,18). The number of H-pyrrole nitrogens is 1. The van der Waals surface area contributed by atoms with Gasteiger partial charge in [0.15, 0.2) is 5.58 Å². The Morgan fingerprint density at radius 3 is 2.86 bits per heavy atom.